The minimum absolute atomic E-state index is 0.688. The van der Waals surface area contributed by atoms with E-state index >= 15 is 0 Å². The Morgan fingerprint density at radius 2 is 1.50 bits per heavy atom. The molecule has 1 nitrogen and oxygen atoms in total. The lowest BCUT2D eigenvalue weighted by Gasteiger charge is -2.27. The SMILES string of the molecule is CC=CCCOCc1ccc(-c2ccc(C3CCC(C=CCCC)CC3)cc2)cc1. The molecule has 0 amide bonds. The van der Waals surface area contributed by atoms with E-state index in [9.17, 15) is 0 Å². The zero-order valence-corrected chi connectivity index (χ0v) is 18.9. The molecule has 0 saturated heterocycles. The van der Waals surface area contributed by atoms with Crippen LogP contribution in [0, 0.1) is 5.92 Å². The molecule has 1 aliphatic carbocycles. The van der Waals surface area contributed by atoms with Gasteiger partial charge in [-0.2, -0.15) is 0 Å². The molecular formula is C29H38O. The number of rotatable bonds is 10. The largest absolute Gasteiger partial charge is 0.376 e. The molecule has 0 heterocycles. The summed E-state index contributed by atoms with van der Waals surface area (Å²) in [6.45, 7) is 5.77. The van der Waals surface area contributed by atoms with Crippen molar-refractivity contribution >= 4 is 0 Å². The minimum Gasteiger partial charge on any atom is -0.376 e. The van der Waals surface area contributed by atoms with Gasteiger partial charge >= 0.3 is 0 Å². The monoisotopic (exact) mass is 402 g/mol. The summed E-state index contributed by atoms with van der Waals surface area (Å²) < 4.78 is 5.73. The van der Waals surface area contributed by atoms with Crippen LogP contribution in [0.4, 0.5) is 0 Å². The van der Waals surface area contributed by atoms with Gasteiger partial charge in [-0.1, -0.05) is 86.2 Å². The Hall–Kier alpha value is -2.12. The summed E-state index contributed by atoms with van der Waals surface area (Å²) in [6, 6.07) is 18.1. The molecule has 0 unspecified atom stereocenters. The lowest BCUT2D eigenvalue weighted by Crippen LogP contribution is -2.11. The van der Waals surface area contributed by atoms with E-state index < -0.39 is 0 Å². The fraction of sp³-hybridized carbons (Fsp3) is 0.448. The normalized spacial score (nSPS) is 19.7. The van der Waals surface area contributed by atoms with Crippen LogP contribution in [0.1, 0.15) is 75.8 Å². The highest BCUT2D eigenvalue weighted by Crippen LogP contribution is 2.37. The molecule has 0 N–H and O–H groups in total. The van der Waals surface area contributed by atoms with E-state index in [0.29, 0.717) is 6.61 Å². The van der Waals surface area contributed by atoms with E-state index in [1.807, 2.05) is 6.92 Å². The van der Waals surface area contributed by atoms with Gasteiger partial charge in [0.1, 0.15) is 0 Å². The highest BCUT2D eigenvalue weighted by Gasteiger charge is 2.20. The molecule has 2 aromatic rings. The summed E-state index contributed by atoms with van der Waals surface area (Å²) in [5.74, 6) is 1.54. The van der Waals surface area contributed by atoms with E-state index in [-0.39, 0.29) is 0 Å². The van der Waals surface area contributed by atoms with Crippen molar-refractivity contribution in [1.82, 2.24) is 0 Å². The van der Waals surface area contributed by atoms with E-state index in [1.54, 1.807) is 0 Å². The molecule has 160 valence electrons. The maximum atomic E-state index is 5.73. The number of hydrogen-bond acceptors (Lipinski definition) is 1. The second kappa shape index (κ2) is 12.5. The number of ether oxygens (including phenoxy) is 1. The van der Waals surface area contributed by atoms with Gasteiger partial charge < -0.3 is 4.74 Å². The van der Waals surface area contributed by atoms with Gasteiger partial charge in [0.2, 0.25) is 0 Å². The van der Waals surface area contributed by atoms with Crippen LogP contribution in [0.15, 0.2) is 72.8 Å². The van der Waals surface area contributed by atoms with E-state index in [2.05, 4.69) is 79.8 Å². The molecule has 2 aromatic carbocycles. The second-order valence-corrected chi connectivity index (χ2v) is 8.56. The Bertz CT molecular complexity index is 774. The first-order valence-corrected chi connectivity index (χ1v) is 11.8. The zero-order chi connectivity index (χ0) is 21.0. The predicted molar refractivity (Wildman–Crippen MR) is 130 cm³/mol. The summed E-state index contributed by atoms with van der Waals surface area (Å²) >= 11 is 0. The van der Waals surface area contributed by atoms with Crippen LogP contribution < -0.4 is 0 Å². The van der Waals surface area contributed by atoms with Crippen molar-refractivity contribution in [2.24, 2.45) is 5.92 Å². The van der Waals surface area contributed by atoms with Crippen molar-refractivity contribution in [3.05, 3.63) is 84.0 Å². The van der Waals surface area contributed by atoms with Crippen molar-refractivity contribution in [3.8, 4) is 11.1 Å². The molecule has 0 aliphatic heterocycles. The summed E-state index contributed by atoms with van der Waals surface area (Å²) in [5.41, 5.74) is 5.33. The quantitative estimate of drug-likeness (QED) is 0.286. The highest BCUT2D eigenvalue weighted by atomic mass is 16.5. The summed E-state index contributed by atoms with van der Waals surface area (Å²) in [6.07, 6.45) is 17.9. The average Bonchev–Trinajstić information content (AvgIpc) is 2.80. The summed E-state index contributed by atoms with van der Waals surface area (Å²) in [4.78, 5) is 0. The molecule has 0 radical (unpaired) electrons. The van der Waals surface area contributed by atoms with Crippen LogP contribution in [-0.4, -0.2) is 6.61 Å². The fourth-order valence-corrected chi connectivity index (χ4v) is 4.35. The number of hydrogen-bond donors (Lipinski definition) is 0. The number of allylic oxidation sites excluding steroid dienone is 3. The molecule has 3 rings (SSSR count). The van der Waals surface area contributed by atoms with Gasteiger partial charge in [0, 0.05) is 0 Å². The first-order chi connectivity index (χ1) is 14.8. The molecule has 1 saturated carbocycles. The van der Waals surface area contributed by atoms with Crippen LogP contribution in [-0.2, 0) is 11.3 Å². The van der Waals surface area contributed by atoms with Crippen molar-refractivity contribution in [1.29, 1.82) is 0 Å². The smallest absolute Gasteiger partial charge is 0.0717 e. The molecule has 0 atom stereocenters. The van der Waals surface area contributed by atoms with Gasteiger partial charge in [-0.05, 0) is 79.5 Å². The van der Waals surface area contributed by atoms with Crippen molar-refractivity contribution < 1.29 is 4.74 Å². The maximum Gasteiger partial charge on any atom is 0.0717 e. The van der Waals surface area contributed by atoms with Gasteiger partial charge in [-0.15, -0.1) is 0 Å². The molecule has 0 spiro atoms. The van der Waals surface area contributed by atoms with Crippen LogP contribution in [0.2, 0.25) is 0 Å². The lowest BCUT2D eigenvalue weighted by molar-refractivity contribution is 0.125. The van der Waals surface area contributed by atoms with Gasteiger partial charge in [-0.25, -0.2) is 0 Å². The first-order valence-electron chi connectivity index (χ1n) is 11.8. The molecular weight excluding hydrogens is 364 g/mol. The summed E-state index contributed by atoms with van der Waals surface area (Å²) in [5, 5.41) is 0. The van der Waals surface area contributed by atoms with E-state index in [0.717, 1.165) is 24.9 Å². The van der Waals surface area contributed by atoms with Crippen molar-refractivity contribution in [2.45, 2.75) is 71.3 Å². The maximum absolute atomic E-state index is 5.73. The number of unbranched alkanes of at least 4 members (excludes halogenated alkanes) is 1. The molecule has 1 fully saturated rings. The Morgan fingerprint density at radius 3 is 2.13 bits per heavy atom. The fourth-order valence-electron chi connectivity index (χ4n) is 4.35. The minimum atomic E-state index is 0.688. The van der Waals surface area contributed by atoms with E-state index in [4.69, 9.17) is 4.74 Å². The Kier molecular flexibility index (Phi) is 9.44. The predicted octanol–water partition coefficient (Wildman–Crippen LogP) is 8.47. The van der Waals surface area contributed by atoms with Crippen LogP contribution in [0.25, 0.3) is 11.1 Å². The van der Waals surface area contributed by atoms with Gasteiger partial charge in [0.05, 0.1) is 13.2 Å². The van der Waals surface area contributed by atoms with Crippen molar-refractivity contribution in [2.75, 3.05) is 6.61 Å². The lowest BCUT2D eigenvalue weighted by atomic mass is 9.78. The van der Waals surface area contributed by atoms with Crippen LogP contribution in [0.5, 0.6) is 0 Å². The average molecular weight is 403 g/mol. The van der Waals surface area contributed by atoms with Crippen LogP contribution >= 0.6 is 0 Å². The van der Waals surface area contributed by atoms with Crippen LogP contribution in [0.3, 0.4) is 0 Å². The van der Waals surface area contributed by atoms with Gasteiger partial charge in [0.15, 0.2) is 0 Å². The van der Waals surface area contributed by atoms with Crippen molar-refractivity contribution in [3.63, 3.8) is 0 Å². The highest BCUT2D eigenvalue weighted by molar-refractivity contribution is 5.64. The Morgan fingerprint density at radius 1 is 0.833 bits per heavy atom. The third-order valence-electron chi connectivity index (χ3n) is 6.24. The first kappa shape index (κ1) is 22.6. The topological polar surface area (TPSA) is 9.23 Å². The summed E-state index contributed by atoms with van der Waals surface area (Å²) in [7, 11) is 0. The molecule has 30 heavy (non-hydrogen) atoms. The molecule has 0 aromatic heterocycles. The third-order valence-corrected chi connectivity index (χ3v) is 6.24. The number of benzene rings is 2. The standard InChI is InChI=1S/C29H38O/c1-3-5-7-9-24-10-14-26(15-11-24)28-18-20-29(21-19-28)27-16-12-25(13-17-27)23-30-22-8-6-4-2/h4,6-7,9,12-13,16-21,24,26H,3,5,8,10-11,14-15,22-23H2,1-2H3. The van der Waals surface area contributed by atoms with Gasteiger partial charge in [0.25, 0.3) is 0 Å². The molecule has 1 heteroatoms. The second-order valence-electron chi connectivity index (χ2n) is 8.56. The van der Waals surface area contributed by atoms with E-state index in [1.165, 1.54) is 60.8 Å². The molecule has 1 aliphatic rings. The third kappa shape index (κ3) is 6.99. The zero-order valence-electron chi connectivity index (χ0n) is 18.9. The Labute approximate surface area is 183 Å². The Balaban J connectivity index is 1.49. The van der Waals surface area contributed by atoms with Gasteiger partial charge in [-0.3, -0.25) is 0 Å². The molecule has 0 bridgehead atoms.